The molecular weight excluding hydrogens is 376 g/mol. The van der Waals surface area contributed by atoms with Gasteiger partial charge in [0.2, 0.25) is 0 Å². The van der Waals surface area contributed by atoms with E-state index in [-0.39, 0.29) is 17.8 Å². The van der Waals surface area contributed by atoms with Crippen LogP contribution in [0.3, 0.4) is 0 Å². The molecule has 0 amide bonds. The van der Waals surface area contributed by atoms with Crippen LogP contribution in [0, 0.1) is 0 Å². The molecule has 28 heavy (non-hydrogen) atoms. The lowest BCUT2D eigenvalue weighted by molar-refractivity contribution is -0.144. The molecule has 2 atom stereocenters. The number of fused-ring (bicyclic) bond motifs is 1. The Balaban J connectivity index is 1.34. The second kappa shape index (κ2) is 8.08. The van der Waals surface area contributed by atoms with Crippen LogP contribution in [0.5, 0.6) is 5.75 Å². The Morgan fingerprint density at radius 1 is 1.14 bits per heavy atom. The third-order valence-electron chi connectivity index (χ3n) is 4.74. The monoisotopic (exact) mass is 396 g/mol. The zero-order chi connectivity index (χ0) is 19.5. The maximum absolute atomic E-state index is 12.4. The molecule has 0 unspecified atom stereocenters. The molecule has 0 bridgehead atoms. The van der Waals surface area contributed by atoms with E-state index in [2.05, 4.69) is 16.4 Å². The van der Waals surface area contributed by atoms with Crippen molar-refractivity contribution in [3.05, 3.63) is 65.9 Å². The smallest absolute Gasteiger partial charge is 0.324 e. The molecule has 7 heteroatoms. The van der Waals surface area contributed by atoms with E-state index in [4.69, 9.17) is 9.47 Å². The maximum Gasteiger partial charge on any atom is 0.324 e. The molecule has 4 rings (SSSR count). The van der Waals surface area contributed by atoms with Crippen LogP contribution in [0.2, 0.25) is 0 Å². The Labute approximate surface area is 166 Å². The maximum atomic E-state index is 12.4. The summed E-state index contributed by atoms with van der Waals surface area (Å²) in [6, 6.07) is 14.4. The van der Waals surface area contributed by atoms with Gasteiger partial charge in [0.15, 0.2) is 12.4 Å². The Morgan fingerprint density at radius 3 is 2.75 bits per heavy atom. The highest BCUT2D eigenvalue weighted by Crippen LogP contribution is 2.36. The number of Topliss-reactive ketones (excluding diaryl/α,β-unsaturated/α-hetero) is 1. The van der Waals surface area contributed by atoms with Crippen molar-refractivity contribution in [2.45, 2.75) is 11.4 Å². The van der Waals surface area contributed by atoms with Gasteiger partial charge >= 0.3 is 5.97 Å². The number of hydrogen-bond acceptors (Lipinski definition) is 6. The molecule has 144 valence electrons. The average molecular weight is 396 g/mol. The molecular formula is C21H20N2O4S. The number of carbonyl (C=O) groups excluding carboxylic acids is 2. The van der Waals surface area contributed by atoms with Gasteiger partial charge in [0, 0.05) is 28.4 Å². The Morgan fingerprint density at radius 2 is 1.96 bits per heavy atom. The number of rotatable bonds is 6. The molecule has 1 aliphatic rings. The minimum absolute atomic E-state index is 0.00865. The van der Waals surface area contributed by atoms with E-state index < -0.39 is 12.0 Å². The van der Waals surface area contributed by atoms with E-state index in [1.54, 1.807) is 43.1 Å². The van der Waals surface area contributed by atoms with Gasteiger partial charge in [-0.15, -0.1) is 11.8 Å². The number of benzene rings is 2. The molecule has 3 aromatic rings. The van der Waals surface area contributed by atoms with Gasteiger partial charge in [0.05, 0.1) is 12.5 Å². The molecule has 0 saturated carbocycles. The van der Waals surface area contributed by atoms with Crippen LogP contribution in [0.4, 0.5) is 0 Å². The van der Waals surface area contributed by atoms with Crippen LogP contribution in [-0.2, 0) is 9.53 Å². The zero-order valence-corrected chi connectivity index (χ0v) is 16.1. The van der Waals surface area contributed by atoms with Gasteiger partial charge in [-0.25, -0.2) is 0 Å². The number of hydrogen-bond donors (Lipinski definition) is 2. The fourth-order valence-corrected chi connectivity index (χ4v) is 4.49. The number of methoxy groups -OCH3 is 1. The van der Waals surface area contributed by atoms with E-state index in [9.17, 15) is 9.59 Å². The minimum Gasteiger partial charge on any atom is -0.497 e. The van der Waals surface area contributed by atoms with Crippen molar-refractivity contribution in [3.63, 3.8) is 0 Å². The van der Waals surface area contributed by atoms with Gasteiger partial charge < -0.3 is 14.5 Å². The third kappa shape index (κ3) is 3.76. The molecule has 1 aromatic heterocycles. The molecule has 2 heterocycles. The number of esters is 1. The lowest BCUT2D eigenvalue weighted by Crippen LogP contribution is -2.36. The number of ketones is 1. The molecule has 0 spiro atoms. The van der Waals surface area contributed by atoms with Crippen molar-refractivity contribution in [3.8, 4) is 5.75 Å². The second-order valence-corrected chi connectivity index (χ2v) is 7.62. The van der Waals surface area contributed by atoms with Crippen molar-refractivity contribution < 1.29 is 19.1 Å². The molecule has 1 saturated heterocycles. The number of ether oxygens (including phenoxy) is 2. The van der Waals surface area contributed by atoms with E-state index >= 15 is 0 Å². The lowest BCUT2D eigenvalue weighted by Gasteiger charge is -2.14. The number of aromatic amines is 1. The third-order valence-corrected chi connectivity index (χ3v) is 5.98. The summed E-state index contributed by atoms with van der Waals surface area (Å²) >= 11 is 1.66. The number of thioether (sulfide) groups is 1. The first-order chi connectivity index (χ1) is 13.7. The second-order valence-electron chi connectivity index (χ2n) is 6.48. The van der Waals surface area contributed by atoms with Gasteiger partial charge in [-0.05, 0) is 42.0 Å². The average Bonchev–Trinajstić information content (AvgIpc) is 3.41. The fraction of sp³-hybridized carbons (Fsp3) is 0.238. The van der Waals surface area contributed by atoms with Crippen LogP contribution in [0.25, 0.3) is 10.9 Å². The summed E-state index contributed by atoms with van der Waals surface area (Å²) in [6.07, 6.45) is 1.91. The van der Waals surface area contributed by atoms with Gasteiger partial charge in [-0.2, -0.15) is 0 Å². The highest BCUT2D eigenvalue weighted by Gasteiger charge is 2.32. The summed E-state index contributed by atoms with van der Waals surface area (Å²) in [6.45, 7) is -0.272. The largest absolute Gasteiger partial charge is 0.497 e. The highest BCUT2D eigenvalue weighted by molar-refractivity contribution is 7.99. The molecule has 1 aliphatic heterocycles. The normalized spacial score (nSPS) is 18.9. The molecule has 2 N–H and O–H groups in total. The molecule has 0 aliphatic carbocycles. The van der Waals surface area contributed by atoms with Crippen molar-refractivity contribution in [2.24, 2.45) is 0 Å². The first kappa shape index (κ1) is 18.6. The first-order valence-electron chi connectivity index (χ1n) is 8.93. The summed E-state index contributed by atoms with van der Waals surface area (Å²) in [5.41, 5.74) is 2.68. The van der Waals surface area contributed by atoms with E-state index in [1.807, 2.05) is 24.4 Å². The first-order valence-corrected chi connectivity index (χ1v) is 9.98. The zero-order valence-electron chi connectivity index (χ0n) is 15.3. The quantitative estimate of drug-likeness (QED) is 0.492. The minimum atomic E-state index is -0.437. The predicted molar refractivity (Wildman–Crippen MR) is 109 cm³/mol. The van der Waals surface area contributed by atoms with Crippen molar-refractivity contribution >= 4 is 34.4 Å². The molecule has 0 radical (unpaired) electrons. The van der Waals surface area contributed by atoms with E-state index in [1.165, 1.54) is 0 Å². The van der Waals surface area contributed by atoms with Crippen LogP contribution in [0.1, 0.15) is 21.3 Å². The van der Waals surface area contributed by atoms with Crippen LogP contribution in [0.15, 0.2) is 54.7 Å². The fourth-order valence-electron chi connectivity index (χ4n) is 3.22. The summed E-state index contributed by atoms with van der Waals surface area (Å²) in [7, 11) is 1.56. The van der Waals surface area contributed by atoms with Crippen molar-refractivity contribution in [1.29, 1.82) is 0 Å². The summed E-state index contributed by atoms with van der Waals surface area (Å²) in [5.74, 6) is 0.624. The lowest BCUT2D eigenvalue weighted by atomic mass is 10.1. The van der Waals surface area contributed by atoms with Gasteiger partial charge in [-0.3, -0.25) is 14.9 Å². The van der Waals surface area contributed by atoms with Crippen molar-refractivity contribution in [2.75, 3.05) is 19.5 Å². The summed E-state index contributed by atoms with van der Waals surface area (Å²) in [5, 5.41) is 4.46. The summed E-state index contributed by atoms with van der Waals surface area (Å²) in [4.78, 5) is 27.8. The standard InChI is InChI=1S/C21H20N2O4S/c1-26-14-7-5-13(6-8-14)19(24)11-27-21(25)18-12-28-20(23-18)16-3-2-4-17-15(16)9-10-22-17/h2-10,18,20,22-23H,11-12H2,1H3/t18-,20-/m1/s1. The Kier molecular flexibility index (Phi) is 5.36. The van der Waals surface area contributed by atoms with Gasteiger partial charge in [0.1, 0.15) is 11.8 Å². The summed E-state index contributed by atoms with van der Waals surface area (Å²) < 4.78 is 10.3. The number of aromatic nitrogens is 1. The van der Waals surface area contributed by atoms with Gasteiger partial charge in [-0.1, -0.05) is 12.1 Å². The van der Waals surface area contributed by atoms with E-state index in [0.29, 0.717) is 17.1 Å². The SMILES string of the molecule is COc1ccc(C(=O)COC(=O)[C@H]2CS[C@H](c3cccc4[nH]ccc34)N2)cc1. The topological polar surface area (TPSA) is 80.4 Å². The van der Waals surface area contributed by atoms with Crippen LogP contribution >= 0.6 is 11.8 Å². The Hall–Kier alpha value is -2.77. The molecule has 2 aromatic carbocycles. The van der Waals surface area contributed by atoms with Crippen LogP contribution in [-0.4, -0.2) is 42.2 Å². The number of carbonyl (C=O) groups is 2. The van der Waals surface area contributed by atoms with Crippen molar-refractivity contribution in [1.82, 2.24) is 10.3 Å². The number of nitrogens with one attached hydrogen (secondary N) is 2. The van der Waals surface area contributed by atoms with Crippen LogP contribution < -0.4 is 10.1 Å². The number of H-pyrrole nitrogens is 1. The Bertz CT molecular complexity index is 999. The molecule has 6 nitrogen and oxygen atoms in total. The highest BCUT2D eigenvalue weighted by atomic mass is 32.2. The molecule has 1 fully saturated rings. The van der Waals surface area contributed by atoms with E-state index in [0.717, 1.165) is 16.5 Å². The predicted octanol–water partition coefficient (Wildman–Crippen LogP) is 3.31. The van der Waals surface area contributed by atoms with Gasteiger partial charge in [0.25, 0.3) is 0 Å².